The molecule has 4 aromatic rings. The molecule has 4 N–H and O–H groups in total. The van der Waals surface area contributed by atoms with Crippen LogP contribution in [-0.4, -0.2) is 195 Å². The number of ether oxygens (including phenoxy) is 8. The van der Waals surface area contributed by atoms with Crippen molar-refractivity contribution in [2.45, 2.75) is 52.6 Å². The van der Waals surface area contributed by atoms with Crippen LogP contribution < -0.4 is 21.3 Å². The third-order valence-corrected chi connectivity index (χ3v) is 12.2. The summed E-state index contributed by atoms with van der Waals surface area (Å²) in [6, 6.07) is 15.0. The molecule has 0 saturated heterocycles. The Kier molecular flexibility index (Phi) is 33.0. The number of nitrogens with zero attached hydrogens (tertiary/aromatic N) is 8. The van der Waals surface area contributed by atoms with Crippen molar-refractivity contribution in [2.24, 2.45) is 0 Å². The highest BCUT2D eigenvalue weighted by Gasteiger charge is 2.09. The molecule has 406 valence electrons. The van der Waals surface area contributed by atoms with Crippen molar-refractivity contribution in [1.82, 2.24) is 62.1 Å². The van der Waals surface area contributed by atoms with Crippen molar-refractivity contribution < 1.29 is 57.1 Å². The first-order valence-electron chi connectivity index (χ1n) is 24.4. The smallest absolute Gasteiger partial charge is 0.222 e. The van der Waals surface area contributed by atoms with E-state index in [0.29, 0.717) is 180 Å². The zero-order valence-corrected chi connectivity index (χ0v) is 43.9. The zero-order chi connectivity index (χ0) is 52.5. The number of nitrogens with one attached hydrogen (secondary N) is 4. The average molecular weight is 1070 g/mol. The number of carbonyl (C=O) groups is 4. The molecular weight excluding hydrogens is 1000 g/mol. The molecule has 0 atom stereocenters. The molecule has 0 bridgehead atoms. The zero-order valence-electron chi connectivity index (χ0n) is 42.3. The Hall–Kier alpha value is -5.42. The number of hydrogen-bond acceptors (Lipinski definition) is 22. The van der Waals surface area contributed by atoms with E-state index in [4.69, 9.17) is 37.9 Å². The standard InChI is InChI=1S/C48H70N12O12S2/c1-37-53-57-47(58-54-37)41-7-3-39(4-8-41)35-51-43(61)11-17-65-21-25-69-29-31-71-27-23-67-19-15-49-45(63)13-33-73-74-34-14-46(64)50-16-20-68-24-28-72-32-30-70-26-22-66-18-12-44(62)52-36-40-5-9-42(10-6-40)48-59-55-38(2)56-60-48/h3-10H,11-36H2,1-2H3,(H,49,63)(H,50,64)(H,51,61)(H,52,62). The number of amides is 4. The van der Waals surface area contributed by atoms with Gasteiger partial charge in [0.2, 0.25) is 35.3 Å². The van der Waals surface area contributed by atoms with Gasteiger partial charge in [0.25, 0.3) is 0 Å². The van der Waals surface area contributed by atoms with E-state index in [0.717, 1.165) is 22.3 Å². The van der Waals surface area contributed by atoms with Crippen molar-refractivity contribution >= 4 is 45.2 Å². The molecule has 0 aliphatic rings. The van der Waals surface area contributed by atoms with Gasteiger partial charge in [0.05, 0.1) is 106 Å². The predicted molar refractivity (Wildman–Crippen MR) is 275 cm³/mol. The molecule has 0 radical (unpaired) electrons. The molecule has 2 aromatic heterocycles. The van der Waals surface area contributed by atoms with E-state index in [9.17, 15) is 19.2 Å². The number of hydrogen-bond donors (Lipinski definition) is 4. The summed E-state index contributed by atoms with van der Waals surface area (Å²) in [5, 5.41) is 43.2. The number of carbonyl (C=O) groups excluding carboxylic acids is 4. The quantitative estimate of drug-likeness (QED) is 0.0364. The van der Waals surface area contributed by atoms with Crippen LogP contribution in [0.1, 0.15) is 48.5 Å². The third kappa shape index (κ3) is 30.1. The maximum Gasteiger partial charge on any atom is 0.222 e. The Bertz CT molecular complexity index is 1990. The maximum atomic E-state index is 12.2. The summed E-state index contributed by atoms with van der Waals surface area (Å²) in [6.45, 7) is 11.2. The molecule has 2 aromatic carbocycles. The minimum absolute atomic E-state index is 0.0520. The predicted octanol–water partition coefficient (Wildman–Crippen LogP) is 2.04. The molecule has 4 amide bonds. The fraction of sp³-hybridized carbons (Fsp3) is 0.583. The van der Waals surface area contributed by atoms with Gasteiger partial charge in [-0.3, -0.25) is 19.2 Å². The van der Waals surface area contributed by atoms with E-state index in [2.05, 4.69) is 62.1 Å². The summed E-state index contributed by atoms with van der Waals surface area (Å²) in [4.78, 5) is 48.5. The third-order valence-electron chi connectivity index (χ3n) is 9.79. The van der Waals surface area contributed by atoms with Gasteiger partial charge >= 0.3 is 0 Å². The van der Waals surface area contributed by atoms with Gasteiger partial charge in [0.1, 0.15) is 0 Å². The lowest BCUT2D eigenvalue weighted by atomic mass is 10.1. The molecule has 0 spiro atoms. The summed E-state index contributed by atoms with van der Waals surface area (Å²) >= 11 is 0. The first-order valence-corrected chi connectivity index (χ1v) is 26.9. The van der Waals surface area contributed by atoms with Gasteiger partial charge in [-0.2, -0.15) is 0 Å². The maximum absolute atomic E-state index is 12.2. The highest BCUT2D eigenvalue weighted by molar-refractivity contribution is 8.76. The molecule has 4 rings (SSSR count). The van der Waals surface area contributed by atoms with Gasteiger partial charge in [-0.1, -0.05) is 70.1 Å². The van der Waals surface area contributed by atoms with E-state index >= 15 is 0 Å². The van der Waals surface area contributed by atoms with E-state index in [1.54, 1.807) is 35.4 Å². The van der Waals surface area contributed by atoms with Crippen LogP contribution in [0.3, 0.4) is 0 Å². The fourth-order valence-corrected chi connectivity index (χ4v) is 7.83. The van der Waals surface area contributed by atoms with Crippen LogP contribution in [0.15, 0.2) is 48.5 Å². The lowest BCUT2D eigenvalue weighted by Crippen LogP contribution is -2.28. The summed E-state index contributed by atoms with van der Waals surface area (Å²) in [6.07, 6.45) is 1.25. The van der Waals surface area contributed by atoms with E-state index < -0.39 is 0 Å². The van der Waals surface area contributed by atoms with Crippen LogP contribution in [0.25, 0.3) is 22.8 Å². The van der Waals surface area contributed by atoms with Crippen LogP contribution in [0.4, 0.5) is 0 Å². The summed E-state index contributed by atoms with van der Waals surface area (Å²) in [7, 11) is 3.12. The van der Waals surface area contributed by atoms with Crippen molar-refractivity contribution in [2.75, 3.05) is 130 Å². The highest BCUT2D eigenvalue weighted by Crippen LogP contribution is 2.22. The molecule has 0 unspecified atom stereocenters. The first kappa shape index (κ1) is 61.1. The fourth-order valence-electron chi connectivity index (χ4n) is 5.85. The van der Waals surface area contributed by atoms with Gasteiger partial charge in [-0.15, -0.1) is 40.8 Å². The molecule has 26 heteroatoms. The molecule has 24 nitrogen and oxygen atoms in total. The van der Waals surface area contributed by atoms with Crippen molar-refractivity contribution in [3.63, 3.8) is 0 Å². The van der Waals surface area contributed by atoms with Gasteiger partial charge in [0.15, 0.2) is 11.6 Å². The molecule has 0 saturated carbocycles. The normalized spacial score (nSPS) is 11.1. The van der Waals surface area contributed by atoms with Gasteiger partial charge in [0, 0.05) is 74.5 Å². The molecule has 0 aliphatic heterocycles. The van der Waals surface area contributed by atoms with Gasteiger partial charge in [-0.25, -0.2) is 0 Å². The topological polar surface area (TPSA) is 293 Å². The lowest BCUT2D eigenvalue weighted by molar-refractivity contribution is -0.123. The number of aryl methyl sites for hydroxylation is 2. The van der Waals surface area contributed by atoms with Crippen LogP contribution in [0.5, 0.6) is 0 Å². The van der Waals surface area contributed by atoms with Gasteiger partial charge < -0.3 is 59.2 Å². The molecule has 74 heavy (non-hydrogen) atoms. The molecule has 2 heterocycles. The summed E-state index contributed by atoms with van der Waals surface area (Å²) < 4.78 is 44.0. The van der Waals surface area contributed by atoms with Crippen molar-refractivity contribution in [1.29, 1.82) is 0 Å². The lowest BCUT2D eigenvalue weighted by Gasteiger charge is -2.09. The first-order chi connectivity index (χ1) is 36.2. The minimum Gasteiger partial charge on any atom is -0.379 e. The second-order valence-corrected chi connectivity index (χ2v) is 18.4. The van der Waals surface area contributed by atoms with E-state index in [1.165, 1.54) is 0 Å². The van der Waals surface area contributed by atoms with Crippen LogP contribution in [-0.2, 0) is 70.2 Å². The average Bonchev–Trinajstić information content (AvgIpc) is 3.41. The Balaban J connectivity index is 0.784. The van der Waals surface area contributed by atoms with Crippen molar-refractivity contribution in [3.05, 3.63) is 71.3 Å². The van der Waals surface area contributed by atoms with Gasteiger partial charge in [-0.05, 0) is 25.0 Å². The monoisotopic (exact) mass is 1070 g/mol. The number of rotatable bonds is 43. The van der Waals surface area contributed by atoms with Crippen LogP contribution >= 0.6 is 21.6 Å². The number of benzene rings is 2. The number of aromatic nitrogens is 8. The Morgan fingerprint density at radius 2 is 0.649 bits per heavy atom. The van der Waals surface area contributed by atoms with Crippen molar-refractivity contribution in [3.8, 4) is 22.8 Å². The SMILES string of the molecule is Cc1nnc(-c2ccc(CNC(=O)CCOCCOCCOCCOCCNC(=O)CCSSCCC(=O)NCCOCCOCCOCCOCCC(=O)NCc3ccc(-c4nnc(C)nn4)cc3)cc2)nn1. The van der Waals surface area contributed by atoms with E-state index in [-0.39, 0.29) is 36.5 Å². The summed E-state index contributed by atoms with van der Waals surface area (Å²) in [5.74, 6) is 2.87. The second kappa shape index (κ2) is 40.0. The van der Waals surface area contributed by atoms with Crippen LogP contribution in [0.2, 0.25) is 0 Å². The Labute approximate surface area is 439 Å². The molecular formula is C48H70N12O12S2. The Morgan fingerprint density at radius 3 is 0.973 bits per heavy atom. The molecule has 0 fully saturated rings. The largest absolute Gasteiger partial charge is 0.379 e. The molecule has 0 aliphatic carbocycles. The van der Waals surface area contributed by atoms with E-state index in [1.807, 2.05) is 48.5 Å². The minimum atomic E-state index is -0.105. The summed E-state index contributed by atoms with van der Waals surface area (Å²) in [5.41, 5.74) is 3.48. The highest BCUT2D eigenvalue weighted by atomic mass is 33.1. The van der Waals surface area contributed by atoms with Crippen LogP contribution in [0, 0.1) is 13.8 Å². The second-order valence-electron chi connectivity index (χ2n) is 15.7. The Morgan fingerprint density at radius 1 is 0.365 bits per heavy atom.